The second-order valence-corrected chi connectivity index (χ2v) is 3.60. The fraction of sp³-hybridized carbons (Fsp3) is 0.333. The van der Waals surface area contributed by atoms with Crippen LogP contribution in [0.5, 0.6) is 0 Å². The number of oxazole rings is 1. The van der Waals surface area contributed by atoms with E-state index in [-0.39, 0.29) is 0 Å². The Morgan fingerprint density at radius 1 is 1.38 bits per heavy atom. The molecule has 0 aliphatic carbocycles. The molecule has 16 heavy (non-hydrogen) atoms. The molecule has 0 saturated carbocycles. The molecule has 0 saturated heterocycles. The maximum absolute atomic E-state index is 5.49. The summed E-state index contributed by atoms with van der Waals surface area (Å²) in [5.41, 5.74) is 1.12. The van der Waals surface area contributed by atoms with Gasteiger partial charge in [0.2, 0.25) is 5.89 Å². The molecule has 2 heterocycles. The van der Waals surface area contributed by atoms with E-state index in [0.717, 1.165) is 23.6 Å². The second kappa shape index (κ2) is 4.79. The molecule has 2 aromatic rings. The predicted octanol–water partition coefficient (Wildman–Crippen LogP) is 2.55. The van der Waals surface area contributed by atoms with Crippen molar-refractivity contribution >= 4 is 5.82 Å². The summed E-state index contributed by atoms with van der Waals surface area (Å²) >= 11 is 0. The first-order valence-corrected chi connectivity index (χ1v) is 5.38. The molecule has 0 fully saturated rings. The fourth-order valence-corrected chi connectivity index (χ4v) is 1.42. The highest BCUT2D eigenvalue weighted by molar-refractivity contribution is 5.42. The van der Waals surface area contributed by atoms with E-state index in [1.807, 2.05) is 26.0 Å². The predicted molar refractivity (Wildman–Crippen MR) is 62.2 cm³/mol. The van der Waals surface area contributed by atoms with Gasteiger partial charge in [-0.3, -0.25) is 0 Å². The minimum Gasteiger partial charge on any atom is -0.444 e. The number of pyridine rings is 1. The smallest absolute Gasteiger partial charge is 0.213 e. The number of rotatable bonds is 4. The molecule has 4 heteroatoms. The third kappa shape index (κ3) is 2.39. The largest absolute Gasteiger partial charge is 0.444 e. The van der Waals surface area contributed by atoms with Crippen molar-refractivity contribution in [2.45, 2.75) is 26.8 Å². The van der Waals surface area contributed by atoms with E-state index in [1.165, 1.54) is 0 Å². The van der Waals surface area contributed by atoms with Gasteiger partial charge in [-0.15, -0.1) is 0 Å². The molecule has 0 aliphatic heterocycles. The lowest BCUT2D eigenvalue weighted by atomic mass is 10.3. The van der Waals surface area contributed by atoms with Crippen LogP contribution in [0, 0.1) is 6.92 Å². The summed E-state index contributed by atoms with van der Waals surface area (Å²) in [5.74, 6) is 2.48. The SMILES string of the molecule is CCc1cnc(CNc2ncccc2C)o1. The van der Waals surface area contributed by atoms with Gasteiger partial charge in [-0.2, -0.15) is 0 Å². The topological polar surface area (TPSA) is 51.0 Å². The van der Waals surface area contributed by atoms with E-state index in [9.17, 15) is 0 Å². The van der Waals surface area contributed by atoms with Gasteiger partial charge in [0.15, 0.2) is 0 Å². The molecule has 1 N–H and O–H groups in total. The Bertz CT molecular complexity index is 465. The molecule has 0 bridgehead atoms. The van der Waals surface area contributed by atoms with Crippen LogP contribution in [0.2, 0.25) is 0 Å². The van der Waals surface area contributed by atoms with Crippen molar-refractivity contribution < 1.29 is 4.42 Å². The summed E-state index contributed by atoms with van der Waals surface area (Å²) in [6.07, 6.45) is 4.40. The number of nitrogens with zero attached hydrogens (tertiary/aromatic N) is 2. The highest BCUT2D eigenvalue weighted by Gasteiger charge is 2.03. The van der Waals surface area contributed by atoms with E-state index in [2.05, 4.69) is 15.3 Å². The monoisotopic (exact) mass is 217 g/mol. The summed E-state index contributed by atoms with van der Waals surface area (Å²) in [5, 5.41) is 3.20. The van der Waals surface area contributed by atoms with E-state index >= 15 is 0 Å². The van der Waals surface area contributed by atoms with Crippen LogP contribution in [0.1, 0.15) is 24.1 Å². The first-order chi connectivity index (χ1) is 7.79. The lowest BCUT2D eigenvalue weighted by molar-refractivity contribution is 0.465. The molecular weight excluding hydrogens is 202 g/mol. The van der Waals surface area contributed by atoms with Gasteiger partial charge in [0, 0.05) is 12.6 Å². The second-order valence-electron chi connectivity index (χ2n) is 3.60. The van der Waals surface area contributed by atoms with Crippen LogP contribution in [0.15, 0.2) is 28.9 Å². The molecule has 0 amide bonds. The summed E-state index contributed by atoms with van der Waals surface area (Å²) in [6, 6.07) is 3.93. The van der Waals surface area contributed by atoms with Gasteiger partial charge >= 0.3 is 0 Å². The van der Waals surface area contributed by atoms with Crippen LogP contribution in [0.4, 0.5) is 5.82 Å². The van der Waals surface area contributed by atoms with Gasteiger partial charge < -0.3 is 9.73 Å². The molecular formula is C12H15N3O. The van der Waals surface area contributed by atoms with Crippen LogP contribution < -0.4 is 5.32 Å². The number of anilines is 1. The Morgan fingerprint density at radius 3 is 2.94 bits per heavy atom. The first kappa shape index (κ1) is 10.7. The van der Waals surface area contributed by atoms with Gasteiger partial charge in [-0.05, 0) is 18.6 Å². The summed E-state index contributed by atoms with van der Waals surface area (Å²) in [4.78, 5) is 8.41. The molecule has 2 rings (SSSR count). The Kier molecular flexibility index (Phi) is 3.19. The Hall–Kier alpha value is -1.84. The zero-order chi connectivity index (χ0) is 11.4. The number of nitrogens with one attached hydrogen (secondary N) is 1. The molecule has 0 aromatic carbocycles. The first-order valence-electron chi connectivity index (χ1n) is 5.38. The molecule has 2 aromatic heterocycles. The fourth-order valence-electron chi connectivity index (χ4n) is 1.42. The molecule has 0 radical (unpaired) electrons. The van der Waals surface area contributed by atoms with Crippen molar-refractivity contribution in [3.63, 3.8) is 0 Å². The van der Waals surface area contributed by atoms with Crippen molar-refractivity contribution in [2.24, 2.45) is 0 Å². The highest BCUT2D eigenvalue weighted by Crippen LogP contribution is 2.11. The average molecular weight is 217 g/mol. The quantitative estimate of drug-likeness (QED) is 0.855. The van der Waals surface area contributed by atoms with Crippen LogP contribution in [-0.4, -0.2) is 9.97 Å². The third-order valence-corrected chi connectivity index (χ3v) is 2.37. The molecule has 0 unspecified atom stereocenters. The van der Waals surface area contributed by atoms with Gasteiger partial charge in [0.1, 0.15) is 11.6 Å². The normalized spacial score (nSPS) is 10.4. The maximum Gasteiger partial charge on any atom is 0.213 e. The minimum absolute atomic E-state index is 0.567. The number of aromatic nitrogens is 2. The van der Waals surface area contributed by atoms with Crippen LogP contribution in [-0.2, 0) is 13.0 Å². The number of hydrogen-bond acceptors (Lipinski definition) is 4. The lowest BCUT2D eigenvalue weighted by Gasteiger charge is -2.05. The van der Waals surface area contributed by atoms with Gasteiger partial charge in [0.25, 0.3) is 0 Å². The molecule has 84 valence electrons. The van der Waals surface area contributed by atoms with Crippen LogP contribution in [0.3, 0.4) is 0 Å². The number of aryl methyl sites for hydroxylation is 2. The van der Waals surface area contributed by atoms with Gasteiger partial charge in [-0.1, -0.05) is 13.0 Å². The summed E-state index contributed by atoms with van der Waals surface area (Å²) in [6.45, 7) is 4.63. The van der Waals surface area contributed by atoms with Crippen molar-refractivity contribution in [3.8, 4) is 0 Å². The average Bonchev–Trinajstić information content (AvgIpc) is 2.76. The van der Waals surface area contributed by atoms with Crippen molar-refractivity contribution in [1.29, 1.82) is 0 Å². The zero-order valence-corrected chi connectivity index (χ0v) is 9.53. The van der Waals surface area contributed by atoms with Crippen LogP contribution in [0.25, 0.3) is 0 Å². The molecule has 0 atom stereocenters. The maximum atomic E-state index is 5.49. The third-order valence-electron chi connectivity index (χ3n) is 2.37. The van der Waals surface area contributed by atoms with E-state index in [0.29, 0.717) is 12.4 Å². The van der Waals surface area contributed by atoms with E-state index < -0.39 is 0 Å². The lowest BCUT2D eigenvalue weighted by Crippen LogP contribution is -2.02. The molecule has 0 aliphatic rings. The Morgan fingerprint density at radius 2 is 2.25 bits per heavy atom. The molecule has 0 spiro atoms. The van der Waals surface area contributed by atoms with Gasteiger partial charge in [-0.25, -0.2) is 9.97 Å². The molecule has 4 nitrogen and oxygen atoms in total. The van der Waals surface area contributed by atoms with Crippen molar-refractivity contribution in [1.82, 2.24) is 9.97 Å². The Balaban J connectivity index is 1.99. The van der Waals surface area contributed by atoms with Gasteiger partial charge in [0.05, 0.1) is 12.7 Å². The Labute approximate surface area is 94.7 Å². The minimum atomic E-state index is 0.567. The zero-order valence-electron chi connectivity index (χ0n) is 9.53. The van der Waals surface area contributed by atoms with Crippen molar-refractivity contribution in [3.05, 3.63) is 41.7 Å². The number of hydrogen-bond donors (Lipinski definition) is 1. The standard InChI is InChI=1S/C12H15N3O/c1-3-10-7-14-11(16-10)8-15-12-9(2)5-4-6-13-12/h4-7H,3,8H2,1-2H3,(H,13,15). The van der Waals surface area contributed by atoms with Crippen LogP contribution >= 0.6 is 0 Å². The summed E-state index contributed by atoms with van der Waals surface area (Å²) < 4.78 is 5.49. The van der Waals surface area contributed by atoms with E-state index in [1.54, 1.807) is 12.4 Å². The van der Waals surface area contributed by atoms with Crippen molar-refractivity contribution in [2.75, 3.05) is 5.32 Å². The summed E-state index contributed by atoms with van der Waals surface area (Å²) in [7, 11) is 0. The van der Waals surface area contributed by atoms with E-state index in [4.69, 9.17) is 4.42 Å². The highest BCUT2D eigenvalue weighted by atomic mass is 16.4.